The van der Waals surface area contributed by atoms with E-state index in [1.54, 1.807) is 22.8 Å². The zero-order valence-electron chi connectivity index (χ0n) is 11.3. The fourth-order valence-electron chi connectivity index (χ4n) is 1.67. The summed E-state index contributed by atoms with van der Waals surface area (Å²) >= 11 is 5.87. The fourth-order valence-corrected chi connectivity index (χ4v) is 1.89. The van der Waals surface area contributed by atoms with Crippen molar-refractivity contribution in [1.82, 2.24) is 14.9 Å². The standard InChI is InChI=1S/C12H19ClN4O/c1-5-17(6-2)12(18)8-16(4)11-7-10(13)14-9(3)15-11/h7H,5-6,8H2,1-4H3. The van der Waals surface area contributed by atoms with E-state index in [0.717, 1.165) is 0 Å². The Balaban J connectivity index is 2.75. The molecule has 6 heteroatoms. The van der Waals surface area contributed by atoms with Crippen LogP contribution in [0.2, 0.25) is 5.15 Å². The molecule has 1 aromatic heterocycles. The number of halogens is 1. The van der Waals surface area contributed by atoms with Crippen LogP contribution in [0.25, 0.3) is 0 Å². The summed E-state index contributed by atoms with van der Waals surface area (Å²) in [4.78, 5) is 23.8. The number of carbonyl (C=O) groups excluding carboxylic acids is 1. The van der Waals surface area contributed by atoms with E-state index < -0.39 is 0 Å². The van der Waals surface area contributed by atoms with Gasteiger partial charge in [0.05, 0.1) is 6.54 Å². The summed E-state index contributed by atoms with van der Waals surface area (Å²) in [7, 11) is 1.82. The molecule has 5 nitrogen and oxygen atoms in total. The predicted octanol–water partition coefficient (Wildman–Crippen LogP) is 1.74. The average molecular weight is 271 g/mol. The Morgan fingerprint density at radius 3 is 2.44 bits per heavy atom. The lowest BCUT2D eigenvalue weighted by Crippen LogP contribution is -2.39. The number of anilines is 1. The maximum Gasteiger partial charge on any atom is 0.242 e. The number of rotatable bonds is 5. The van der Waals surface area contributed by atoms with Crippen LogP contribution in [-0.4, -0.2) is 47.5 Å². The second-order valence-electron chi connectivity index (χ2n) is 4.02. The molecule has 1 aromatic rings. The molecule has 1 amide bonds. The number of aromatic nitrogens is 2. The summed E-state index contributed by atoms with van der Waals surface area (Å²) in [6, 6.07) is 1.66. The van der Waals surface area contributed by atoms with Crippen LogP contribution in [0, 0.1) is 6.92 Å². The van der Waals surface area contributed by atoms with E-state index in [-0.39, 0.29) is 12.5 Å². The lowest BCUT2D eigenvalue weighted by atomic mass is 10.4. The lowest BCUT2D eigenvalue weighted by Gasteiger charge is -2.23. The molecule has 0 saturated carbocycles. The number of likely N-dealkylation sites (N-methyl/N-ethyl adjacent to an activating group) is 2. The SMILES string of the molecule is CCN(CC)C(=O)CN(C)c1cc(Cl)nc(C)n1. The van der Waals surface area contributed by atoms with E-state index >= 15 is 0 Å². The Morgan fingerprint density at radius 2 is 1.94 bits per heavy atom. The summed E-state index contributed by atoms with van der Waals surface area (Å²) in [6.45, 7) is 7.42. The third-order valence-electron chi connectivity index (χ3n) is 2.67. The van der Waals surface area contributed by atoms with Gasteiger partial charge in [-0.3, -0.25) is 4.79 Å². The highest BCUT2D eigenvalue weighted by Gasteiger charge is 2.14. The second-order valence-corrected chi connectivity index (χ2v) is 4.41. The number of hydrogen-bond acceptors (Lipinski definition) is 4. The minimum atomic E-state index is 0.0786. The van der Waals surface area contributed by atoms with Crippen LogP contribution in [-0.2, 0) is 4.79 Å². The van der Waals surface area contributed by atoms with Crippen LogP contribution in [0.4, 0.5) is 5.82 Å². The Labute approximate surface area is 113 Å². The van der Waals surface area contributed by atoms with Crippen molar-refractivity contribution in [2.24, 2.45) is 0 Å². The molecule has 1 heterocycles. The van der Waals surface area contributed by atoms with Crippen LogP contribution in [0.15, 0.2) is 6.07 Å². The molecule has 0 unspecified atom stereocenters. The minimum Gasteiger partial charge on any atom is -0.350 e. The molecular formula is C12H19ClN4O. The zero-order valence-corrected chi connectivity index (χ0v) is 12.0. The first kappa shape index (κ1) is 14.7. The molecular weight excluding hydrogens is 252 g/mol. The third kappa shape index (κ3) is 3.84. The molecule has 0 saturated heterocycles. The van der Waals surface area contributed by atoms with Crippen molar-refractivity contribution in [3.8, 4) is 0 Å². The Kier molecular flexibility index (Phi) is 5.34. The van der Waals surface area contributed by atoms with Gasteiger partial charge in [-0.15, -0.1) is 0 Å². The maximum absolute atomic E-state index is 12.0. The van der Waals surface area contributed by atoms with Crippen LogP contribution in [0.3, 0.4) is 0 Å². The van der Waals surface area contributed by atoms with Crippen LogP contribution >= 0.6 is 11.6 Å². The molecule has 0 radical (unpaired) electrons. The van der Waals surface area contributed by atoms with E-state index in [4.69, 9.17) is 11.6 Å². The molecule has 0 N–H and O–H groups in total. The van der Waals surface area contributed by atoms with Gasteiger partial charge < -0.3 is 9.80 Å². The lowest BCUT2D eigenvalue weighted by molar-refractivity contribution is -0.129. The van der Waals surface area contributed by atoms with Crippen molar-refractivity contribution in [3.05, 3.63) is 17.0 Å². The Hall–Kier alpha value is -1.36. The molecule has 0 fully saturated rings. The highest BCUT2D eigenvalue weighted by Crippen LogP contribution is 2.14. The molecule has 0 aliphatic heterocycles. The normalized spacial score (nSPS) is 10.3. The largest absolute Gasteiger partial charge is 0.350 e. The van der Waals surface area contributed by atoms with Crippen molar-refractivity contribution >= 4 is 23.3 Å². The fraction of sp³-hybridized carbons (Fsp3) is 0.583. The second kappa shape index (κ2) is 6.54. The molecule has 1 rings (SSSR count). The number of hydrogen-bond donors (Lipinski definition) is 0. The van der Waals surface area contributed by atoms with Gasteiger partial charge in [0.1, 0.15) is 16.8 Å². The summed E-state index contributed by atoms with van der Waals surface area (Å²) in [6.07, 6.45) is 0. The van der Waals surface area contributed by atoms with Gasteiger partial charge in [-0.1, -0.05) is 11.6 Å². The average Bonchev–Trinajstić information content (AvgIpc) is 2.29. The minimum absolute atomic E-state index is 0.0786. The zero-order chi connectivity index (χ0) is 13.7. The topological polar surface area (TPSA) is 49.3 Å². The van der Waals surface area contributed by atoms with Gasteiger partial charge in [0, 0.05) is 26.2 Å². The maximum atomic E-state index is 12.0. The van der Waals surface area contributed by atoms with Crippen molar-refractivity contribution in [2.75, 3.05) is 31.6 Å². The van der Waals surface area contributed by atoms with Gasteiger partial charge in [0.25, 0.3) is 0 Å². The van der Waals surface area contributed by atoms with Gasteiger partial charge in [-0.2, -0.15) is 0 Å². The first-order valence-electron chi connectivity index (χ1n) is 5.98. The van der Waals surface area contributed by atoms with E-state index in [0.29, 0.717) is 29.9 Å². The van der Waals surface area contributed by atoms with Gasteiger partial charge in [-0.05, 0) is 20.8 Å². The summed E-state index contributed by atoms with van der Waals surface area (Å²) in [5.74, 6) is 1.34. The highest BCUT2D eigenvalue weighted by atomic mass is 35.5. The van der Waals surface area contributed by atoms with Crippen molar-refractivity contribution in [2.45, 2.75) is 20.8 Å². The summed E-state index contributed by atoms with van der Waals surface area (Å²) in [5.41, 5.74) is 0. The molecule has 18 heavy (non-hydrogen) atoms. The smallest absolute Gasteiger partial charge is 0.242 e. The first-order valence-corrected chi connectivity index (χ1v) is 6.35. The number of amides is 1. The molecule has 0 aliphatic rings. The third-order valence-corrected chi connectivity index (χ3v) is 2.87. The molecule has 0 atom stereocenters. The van der Waals surface area contributed by atoms with E-state index in [1.165, 1.54) is 0 Å². The van der Waals surface area contributed by atoms with Gasteiger partial charge in [0.15, 0.2) is 0 Å². The van der Waals surface area contributed by atoms with Crippen LogP contribution in [0.1, 0.15) is 19.7 Å². The van der Waals surface area contributed by atoms with E-state index in [2.05, 4.69) is 9.97 Å². The predicted molar refractivity (Wildman–Crippen MR) is 73.0 cm³/mol. The Bertz CT molecular complexity index is 400. The van der Waals surface area contributed by atoms with E-state index in [1.807, 2.05) is 20.9 Å². The molecule has 0 bridgehead atoms. The van der Waals surface area contributed by atoms with Gasteiger partial charge in [-0.25, -0.2) is 9.97 Å². The number of aryl methyl sites for hydroxylation is 1. The molecule has 0 aliphatic carbocycles. The van der Waals surface area contributed by atoms with Gasteiger partial charge in [0.2, 0.25) is 5.91 Å². The van der Waals surface area contributed by atoms with Crippen molar-refractivity contribution < 1.29 is 4.79 Å². The number of carbonyl (C=O) groups is 1. The van der Waals surface area contributed by atoms with Crippen LogP contribution < -0.4 is 4.90 Å². The molecule has 0 spiro atoms. The van der Waals surface area contributed by atoms with Crippen molar-refractivity contribution in [3.63, 3.8) is 0 Å². The highest BCUT2D eigenvalue weighted by molar-refractivity contribution is 6.29. The first-order chi connectivity index (χ1) is 8.47. The van der Waals surface area contributed by atoms with Crippen molar-refractivity contribution in [1.29, 1.82) is 0 Å². The van der Waals surface area contributed by atoms with E-state index in [9.17, 15) is 4.79 Å². The quantitative estimate of drug-likeness (QED) is 0.765. The number of nitrogens with zero attached hydrogens (tertiary/aromatic N) is 4. The molecule has 100 valence electrons. The monoisotopic (exact) mass is 270 g/mol. The Morgan fingerprint density at radius 1 is 1.33 bits per heavy atom. The van der Waals surface area contributed by atoms with Gasteiger partial charge >= 0.3 is 0 Å². The summed E-state index contributed by atoms with van der Waals surface area (Å²) in [5, 5.41) is 0.389. The van der Waals surface area contributed by atoms with Crippen LogP contribution in [0.5, 0.6) is 0 Å². The molecule has 0 aromatic carbocycles. The summed E-state index contributed by atoms with van der Waals surface area (Å²) < 4.78 is 0.